The van der Waals surface area contributed by atoms with E-state index in [1.807, 2.05) is 0 Å². The first-order chi connectivity index (χ1) is 13.0. The minimum absolute atomic E-state index is 0.0256. The monoisotopic (exact) mass is 372 g/mol. The van der Waals surface area contributed by atoms with Gasteiger partial charge in [-0.3, -0.25) is 0 Å². The summed E-state index contributed by atoms with van der Waals surface area (Å²) in [6, 6.07) is 8.20. The summed E-state index contributed by atoms with van der Waals surface area (Å²) < 4.78 is 16.6. The number of benzene rings is 2. The molecule has 0 amide bonds. The first kappa shape index (κ1) is 18.6. The Morgan fingerprint density at radius 2 is 1.96 bits per heavy atom. The van der Waals surface area contributed by atoms with Crippen LogP contribution in [0.3, 0.4) is 0 Å². The zero-order valence-electron chi connectivity index (χ0n) is 14.9. The maximum Gasteiger partial charge on any atom is 0.328 e. The van der Waals surface area contributed by atoms with Gasteiger partial charge in [0.05, 0.1) is 26.7 Å². The molecule has 142 valence electrons. The Morgan fingerprint density at radius 3 is 2.59 bits per heavy atom. The normalized spacial score (nSPS) is 18.2. The number of methoxy groups -OCH3 is 2. The van der Waals surface area contributed by atoms with E-state index in [0.29, 0.717) is 33.9 Å². The molecule has 0 bridgehead atoms. The molecule has 0 aromatic heterocycles. The number of carboxylic acids is 1. The van der Waals surface area contributed by atoms with Crippen LogP contribution in [-0.2, 0) is 4.79 Å². The SMILES string of the molecule is COc1cc(O)cc([C@@H]2Oc3c(OC)cc(C=CC(=O)O)cc3[C@H]2CO)c1. The second-order valence-corrected chi connectivity index (χ2v) is 6.10. The Labute approximate surface area is 156 Å². The Bertz CT molecular complexity index is 888. The van der Waals surface area contributed by atoms with Crippen LogP contribution in [0.5, 0.6) is 23.0 Å². The van der Waals surface area contributed by atoms with Crippen molar-refractivity contribution >= 4 is 12.0 Å². The third kappa shape index (κ3) is 3.68. The van der Waals surface area contributed by atoms with Gasteiger partial charge in [-0.2, -0.15) is 0 Å². The molecular weight excluding hydrogens is 352 g/mol. The molecular formula is C20H20O7. The number of aliphatic carboxylic acids is 1. The molecule has 0 spiro atoms. The van der Waals surface area contributed by atoms with Gasteiger partial charge in [0.2, 0.25) is 0 Å². The highest BCUT2D eigenvalue weighted by Crippen LogP contribution is 2.51. The molecule has 0 saturated carbocycles. The standard InChI is InChI=1S/C20H20O7/c1-25-14-8-12(7-13(22)9-14)19-16(10-21)15-5-11(3-4-18(23)24)6-17(26-2)20(15)27-19/h3-9,16,19,21-22H,10H2,1-2H3,(H,23,24)/t16-,19+/m1/s1. The lowest BCUT2D eigenvalue weighted by atomic mass is 9.90. The summed E-state index contributed by atoms with van der Waals surface area (Å²) in [5.41, 5.74) is 1.96. The largest absolute Gasteiger partial charge is 0.508 e. The van der Waals surface area contributed by atoms with Crippen molar-refractivity contribution < 1.29 is 34.3 Å². The fourth-order valence-corrected chi connectivity index (χ4v) is 3.22. The molecule has 3 N–H and O–H groups in total. The molecule has 2 atom stereocenters. The van der Waals surface area contributed by atoms with Crippen LogP contribution in [0.15, 0.2) is 36.4 Å². The first-order valence-corrected chi connectivity index (χ1v) is 8.25. The van der Waals surface area contributed by atoms with Gasteiger partial charge in [0.15, 0.2) is 11.5 Å². The molecule has 1 heterocycles. The molecule has 7 nitrogen and oxygen atoms in total. The molecule has 3 rings (SSSR count). The second-order valence-electron chi connectivity index (χ2n) is 6.10. The lowest BCUT2D eigenvalue weighted by molar-refractivity contribution is -0.131. The Kier molecular flexibility index (Phi) is 5.23. The number of fused-ring (bicyclic) bond motifs is 1. The lowest BCUT2D eigenvalue weighted by Crippen LogP contribution is -2.13. The molecule has 0 fully saturated rings. The van der Waals surface area contributed by atoms with Crippen molar-refractivity contribution in [3.05, 3.63) is 53.1 Å². The predicted octanol–water partition coefficient (Wildman–Crippen LogP) is 2.72. The van der Waals surface area contributed by atoms with Gasteiger partial charge in [-0.1, -0.05) is 0 Å². The number of ether oxygens (including phenoxy) is 3. The van der Waals surface area contributed by atoms with E-state index in [1.54, 1.807) is 24.3 Å². The summed E-state index contributed by atoms with van der Waals surface area (Å²) >= 11 is 0. The number of hydrogen-bond acceptors (Lipinski definition) is 6. The summed E-state index contributed by atoms with van der Waals surface area (Å²) in [7, 11) is 2.98. The van der Waals surface area contributed by atoms with Crippen molar-refractivity contribution in [2.75, 3.05) is 20.8 Å². The van der Waals surface area contributed by atoms with Gasteiger partial charge in [0.1, 0.15) is 17.6 Å². The van der Waals surface area contributed by atoms with Gasteiger partial charge in [0, 0.05) is 23.3 Å². The van der Waals surface area contributed by atoms with Crippen LogP contribution in [0, 0.1) is 0 Å². The molecule has 2 aromatic carbocycles. The Morgan fingerprint density at radius 1 is 1.19 bits per heavy atom. The molecule has 0 unspecified atom stereocenters. The second kappa shape index (κ2) is 7.59. The van der Waals surface area contributed by atoms with Crippen LogP contribution in [0.1, 0.15) is 28.7 Å². The smallest absolute Gasteiger partial charge is 0.328 e. The topological polar surface area (TPSA) is 105 Å². The van der Waals surface area contributed by atoms with Gasteiger partial charge < -0.3 is 29.5 Å². The van der Waals surface area contributed by atoms with Gasteiger partial charge in [-0.05, 0) is 35.9 Å². The highest BCUT2D eigenvalue weighted by molar-refractivity contribution is 5.85. The number of aliphatic hydroxyl groups excluding tert-OH is 1. The molecule has 1 aliphatic rings. The van der Waals surface area contributed by atoms with Crippen molar-refractivity contribution in [1.82, 2.24) is 0 Å². The molecule has 0 aliphatic carbocycles. The fraction of sp³-hybridized carbons (Fsp3) is 0.250. The molecule has 0 radical (unpaired) electrons. The third-order valence-electron chi connectivity index (χ3n) is 4.43. The number of phenolic OH excluding ortho intramolecular Hbond substituents is 1. The number of phenols is 1. The van der Waals surface area contributed by atoms with E-state index in [9.17, 15) is 15.0 Å². The molecule has 2 aromatic rings. The summed E-state index contributed by atoms with van der Waals surface area (Å²) in [5, 5.41) is 28.8. The number of hydrogen-bond donors (Lipinski definition) is 3. The highest BCUT2D eigenvalue weighted by Gasteiger charge is 2.38. The fourth-order valence-electron chi connectivity index (χ4n) is 3.22. The average Bonchev–Trinajstić information content (AvgIpc) is 3.03. The zero-order chi connectivity index (χ0) is 19.6. The summed E-state index contributed by atoms with van der Waals surface area (Å²) in [6.07, 6.45) is 1.92. The maximum atomic E-state index is 10.8. The van der Waals surface area contributed by atoms with Crippen LogP contribution < -0.4 is 14.2 Å². The van der Waals surface area contributed by atoms with Gasteiger partial charge in [0.25, 0.3) is 0 Å². The van der Waals surface area contributed by atoms with E-state index in [1.165, 1.54) is 26.4 Å². The molecule has 27 heavy (non-hydrogen) atoms. The highest BCUT2D eigenvalue weighted by atomic mass is 16.5. The molecule has 1 aliphatic heterocycles. The number of aromatic hydroxyl groups is 1. The predicted molar refractivity (Wildman–Crippen MR) is 97.5 cm³/mol. The lowest BCUT2D eigenvalue weighted by Gasteiger charge is -2.18. The summed E-state index contributed by atoms with van der Waals surface area (Å²) in [4.78, 5) is 10.8. The summed E-state index contributed by atoms with van der Waals surface area (Å²) in [6.45, 7) is -0.203. The van der Waals surface area contributed by atoms with Crippen LogP contribution in [0.25, 0.3) is 6.08 Å². The molecule has 0 saturated heterocycles. The quantitative estimate of drug-likeness (QED) is 0.670. The Hall–Kier alpha value is -3.19. The van der Waals surface area contributed by atoms with Crippen molar-refractivity contribution in [3.8, 4) is 23.0 Å². The minimum Gasteiger partial charge on any atom is -0.508 e. The van der Waals surface area contributed by atoms with Crippen molar-refractivity contribution in [3.63, 3.8) is 0 Å². The number of carboxylic acid groups (broad SMARTS) is 1. The van der Waals surface area contributed by atoms with Gasteiger partial charge in [-0.25, -0.2) is 4.79 Å². The van der Waals surface area contributed by atoms with E-state index < -0.39 is 18.0 Å². The van der Waals surface area contributed by atoms with Gasteiger partial charge in [-0.15, -0.1) is 0 Å². The van der Waals surface area contributed by atoms with Crippen LogP contribution >= 0.6 is 0 Å². The number of aliphatic hydroxyl groups is 1. The number of rotatable bonds is 6. The summed E-state index contributed by atoms with van der Waals surface area (Å²) in [5.74, 6) is -0.0642. The van der Waals surface area contributed by atoms with Crippen LogP contribution in [0.4, 0.5) is 0 Å². The first-order valence-electron chi connectivity index (χ1n) is 8.25. The number of carbonyl (C=O) groups is 1. The van der Waals surface area contributed by atoms with E-state index >= 15 is 0 Å². The van der Waals surface area contributed by atoms with Crippen molar-refractivity contribution in [1.29, 1.82) is 0 Å². The van der Waals surface area contributed by atoms with Crippen LogP contribution in [0.2, 0.25) is 0 Å². The average molecular weight is 372 g/mol. The maximum absolute atomic E-state index is 10.8. The minimum atomic E-state index is -1.06. The van der Waals surface area contributed by atoms with Crippen molar-refractivity contribution in [2.45, 2.75) is 12.0 Å². The van der Waals surface area contributed by atoms with E-state index in [4.69, 9.17) is 19.3 Å². The van der Waals surface area contributed by atoms with Gasteiger partial charge >= 0.3 is 5.97 Å². The van der Waals surface area contributed by atoms with E-state index in [2.05, 4.69) is 0 Å². The Balaban J connectivity index is 2.06. The van der Waals surface area contributed by atoms with Crippen LogP contribution in [-0.4, -0.2) is 42.1 Å². The van der Waals surface area contributed by atoms with E-state index in [0.717, 1.165) is 6.08 Å². The molecule has 7 heteroatoms. The van der Waals surface area contributed by atoms with E-state index in [-0.39, 0.29) is 12.4 Å². The third-order valence-corrected chi connectivity index (χ3v) is 4.43. The zero-order valence-corrected chi connectivity index (χ0v) is 14.9. The van der Waals surface area contributed by atoms with Crippen molar-refractivity contribution in [2.24, 2.45) is 0 Å².